The van der Waals surface area contributed by atoms with Gasteiger partial charge in [0.25, 0.3) is 5.92 Å². The first-order valence-corrected chi connectivity index (χ1v) is 4.54. The number of carbonyl (C=O) groups is 1. The zero-order chi connectivity index (χ0) is 11.1. The Morgan fingerprint density at radius 3 is 2.87 bits per heavy atom. The highest BCUT2D eigenvalue weighted by molar-refractivity contribution is 5.99. The fraction of sp³-hybridized carbons (Fsp3) is 0.300. The molecule has 15 heavy (non-hydrogen) atoms. The molecule has 0 radical (unpaired) electrons. The van der Waals surface area contributed by atoms with Gasteiger partial charge in [0.1, 0.15) is 0 Å². The van der Waals surface area contributed by atoms with Crippen molar-refractivity contribution in [3.05, 3.63) is 29.3 Å². The first-order valence-electron chi connectivity index (χ1n) is 4.54. The summed E-state index contributed by atoms with van der Waals surface area (Å²) in [7, 11) is 0. The third-order valence-corrected chi connectivity index (χ3v) is 2.41. The van der Waals surface area contributed by atoms with Crippen molar-refractivity contribution in [2.24, 2.45) is 5.73 Å². The Morgan fingerprint density at radius 2 is 2.20 bits per heavy atom. The number of hydrogen-bond donors (Lipinski definition) is 2. The Balaban J connectivity index is 2.39. The number of nitrogens with one attached hydrogen (secondary N) is 1. The van der Waals surface area contributed by atoms with E-state index in [4.69, 9.17) is 5.73 Å². The lowest BCUT2D eigenvalue weighted by Gasteiger charge is -2.14. The highest BCUT2D eigenvalue weighted by atomic mass is 19.3. The van der Waals surface area contributed by atoms with Gasteiger partial charge in [0, 0.05) is 11.3 Å². The van der Waals surface area contributed by atoms with E-state index in [1.165, 1.54) is 18.2 Å². The number of halogens is 2. The molecule has 1 amide bonds. The van der Waals surface area contributed by atoms with Crippen LogP contribution in [0.3, 0.4) is 0 Å². The van der Waals surface area contributed by atoms with Gasteiger partial charge < -0.3 is 11.1 Å². The van der Waals surface area contributed by atoms with E-state index in [0.717, 1.165) is 0 Å². The van der Waals surface area contributed by atoms with E-state index in [9.17, 15) is 13.6 Å². The number of anilines is 1. The largest absolute Gasteiger partial charge is 0.326 e. The minimum atomic E-state index is -3.03. The maximum Gasteiger partial charge on any atom is 0.285 e. The van der Waals surface area contributed by atoms with E-state index in [2.05, 4.69) is 5.32 Å². The van der Waals surface area contributed by atoms with Crippen molar-refractivity contribution in [3.8, 4) is 0 Å². The molecule has 0 unspecified atom stereocenters. The van der Waals surface area contributed by atoms with E-state index < -0.39 is 12.5 Å². The van der Waals surface area contributed by atoms with Gasteiger partial charge in [-0.25, -0.2) is 0 Å². The monoisotopic (exact) mass is 212 g/mol. The first-order chi connectivity index (χ1) is 7.03. The van der Waals surface area contributed by atoms with Crippen molar-refractivity contribution in [3.63, 3.8) is 0 Å². The molecule has 0 bridgehead atoms. The Labute approximate surface area is 85.3 Å². The normalized spacial score (nSPS) is 15.0. The minimum Gasteiger partial charge on any atom is -0.326 e. The fourth-order valence-corrected chi connectivity index (χ4v) is 1.57. The van der Waals surface area contributed by atoms with Crippen LogP contribution < -0.4 is 11.1 Å². The first kappa shape index (κ1) is 10.0. The molecule has 2 rings (SSSR count). The summed E-state index contributed by atoms with van der Waals surface area (Å²) in [5.41, 5.74) is 6.05. The van der Waals surface area contributed by atoms with E-state index in [1.807, 2.05) is 0 Å². The highest BCUT2D eigenvalue weighted by Crippen LogP contribution is 2.31. The van der Waals surface area contributed by atoms with E-state index in [0.29, 0.717) is 11.3 Å². The maximum absolute atomic E-state index is 13.2. The van der Waals surface area contributed by atoms with Crippen molar-refractivity contribution in [1.29, 1.82) is 0 Å². The van der Waals surface area contributed by atoms with Crippen LogP contribution in [0.1, 0.15) is 11.1 Å². The molecule has 0 saturated heterocycles. The van der Waals surface area contributed by atoms with Crippen LogP contribution in [-0.4, -0.2) is 12.5 Å². The van der Waals surface area contributed by atoms with Crippen LogP contribution in [0.4, 0.5) is 14.5 Å². The smallest absolute Gasteiger partial charge is 0.285 e. The lowest BCUT2D eigenvalue weighted by molar-refractivity contribution is -0.115. The van der Waals surface area contributed by atoms with Gasteiger partial charge in [-0.2, -0.15) is 8.78 Å². The van der Waals surface area contributed by atoms with Crippen molar-refractivity contribution < 1.29 is 13.6 Å². The number of amides is 1. The summed E-state index contributed by atoms with van der Waals surface area (Å²) < 4.78 is 26.4. The number of fused-ring (bicyclic) bond motifs is 1. The molecule has 1 aliphatic heterocycles. The number of rotatable bonds is 2. The summed E-state index contributed by atoms with van der Waals surface area (Å²) >= 11 is 0. The summed E-state index contributed by atoms with van der Waals surface area (Å²) in [5.74, 6) is -3.20. The quantitative estimate of drug-likeness (QED) is 0.774. The number of nitrogens with two attached hydrogens (primary N) is 1. The van der Waals surface area contributed by atoms with E-state index >= 15 is 0 Å². The second-order valence-corrected chi connectivity index (χ2v) is 3.51. The lowest BCUT2D eigenvalue weighted by atomic mass is 10.0. The minimum absolute atomic E-state index is 0.139. The highest BCUT2D eigenvalue weighted by Gasteiger charge is 2.31. The molecule has 0 atom stereocenters. The van der Waals surface area contributed by atoms with Crippen LogP contribution in [0.2, 0.25) is 0 Å². The number of hydrogen-bond acceptors (Lipinski definition) is 2. The molecule has 0 saturated carbocycles. The molecule has 5 heteroatoms. The van der Waals surface area contributed by atoms with Gasteiger partial charge in [0.2, 0.25) is 5.91 Å². The van der Waals surface area contributed by atoms with Crippen LogP contribution in [0, 0.1) is 0 Å². The van der Waals surface area contributed by atoms with Crippen LogP contribution >= 0.6 is 0 Å². The maximum atomic E-state index is 13.2. The topological polar surface area (TPSA) is 55.1 Å². The van der Waals surface area contributed by atoms with Crippen molar-refractivity contribution in [2.45, 2.75) is 12.3 Å². The van der Waals surface area contributed by atoms with Crippen molar-refractivity contribution >= 4 is 11.6 Å². The van der Waals surface area contributed by atoms with Crippen molar-refractivity contribution in [2.75, 3.05) is 11.9 Å². The Morgan fingerprint density at radius 1 is 1.47 bits per heavy atom. The molecule has 0 fully saturated rings. The predicted molar refractivity (Wildman–Crippen MR) is 51.7 cm³/mol. The molecule has 3 N–H and O–H groups in total. The Hall–Kier alpha value is -1.49. The zero-order valence-electron chi connectivity index (χ0n) is 7.89. The zero-order valence-corrected chi connectivity index (χ0v) is 7.89. The third kappa shape index (κ3) is 1.70. The lowest BCUT2D eigenvalue weighted by Crippen LogP contribution is -2.25. The average Bonchev–Trinajstić information content (AvgIpc) is 2.56. The summed E-state index contributed by atoms with van der Waals surface area (Å²) in [6, 6.07) is 4.11. The Bertz CT molecular complexity index is 418. The third-order valence-electron chi connectivity index (χ3n) is 2.41. The van der Waals surface area contributed by atoms with Gasteiger partial charge in [-0.05, 0) is 17.7 Å². The van der Waals surface area contributed by atoms with Crippen LogP contribution in [0.15, 0.2) is 18.2 Å². The standard InChI is InChI=1S/C10H10F2N2O/c11-10(12,5-13)7-1-2-8-6(3-7)4-9(15)14-8/h1-3H,4-5,13H2,(H,14,15). The predicted octanol–water partition coefficient (Wildman–Crippen LogP) is 1.23. The van der Waals surface area contributed by atoms with E-state index in [-0.39, 0.29) is 17.9 Å². The van der Waals surface area contributed by atoms with Gasteiger partial charge in [0.15, 0.2) is 0 Å². The molecule has 0 spiro atoms. The molecule has 80 valence electrons. The molecule has 0 aliphatic carbocycles. The molecular formula is C10H10F2N2O. The Kier molecular flexibility index (Phi) is 2.19. The van der Waals surface area contributed by atoms with Crippen LogP contribution in [-0.2, 0) is 17.1 Å². The summed E-state index contributed by atoms with van der Waals surface area (Å²) in [6.45, 7) is -0.729. The van der Waals surface area contributed by atoms with Gasteiger partial charge in [-0.3, -0.25) is 4.79 Å². The summed E-state index contributed by atoms with van der Waals surface area (Å²) in [6.07, 6.45) is 0.157. The van der Waals surface area contributed by atoms with Gasteiger partial charge >= 0.3 is 0 Å². The number of alkyl halides is 2. The second-order valence-electron chi connectivity index (χ2n) is 3.51. The van der Waals surface area contributed by atoms with Crippen LogP contribution in [0.5, 0.6) is 0 Å². The van der Waals surface area contributed by atoms with Gasteiger partial charge in [-0.15, -0.1) is 0 Å². The van der Waals surface area contributed by atoms with Gasteiger partial charge in [0.05, 0.1) is 13.0 Å². The average molecular weight is 212 g/mol. The number of carbonyl (C=O) groups excluding carboxylic acids is 1. The molecule has 1 aromatic carbocycles. The summed E-state index contributed by atoms with van der Waals surface area (Å²) in [4.78, 5) is 11.0. The summed E-state index contributed by atoms with van der Waals surface area (Å²) in [5, 5.41) is 2.58. The molecule has 1 aromatic rings. The molecule has 1 heterocycles. The second kappa shape index (κ2) is 3.27. The van der Waals surface area contributed by atoms with Crippen molar-refractivity contribution in [1.82, 2.24) is 0 Å². The molecule has 3 nitrogen and oxygen atoms in total. The molecular weight excluding hydrogens is 202 g/mol. The SMILES string of the molecule is NCC(F)(F)c1ccc2c(c1)CC(=O)N2. The van der Waals surface area contributed by atoms with Gasteiger partial charge in [-0.1, -0.05) is 6.07 Å². The fourth-order valence-electron chi connectivity index (χ4n) is 1.57. The molecule has 0 aromatic heterocycles. The van der Waals surface area contributed by atoms with E-state index in [1.54, 1.807) is 0 Å². The van der Waals surface area contributed by atoms with Crippen LogP contribution in [0.25, 0.3) is 0 Å². The number of benzene rings is 1. The molecule has 1 aliphatic rings.